The average Bonchev–Trinajstić information content (AvgIpc) is 2.28. The van der Waals surface area contributed by atoms with Crippen molar-refractivity contribution >= 4 is 15.7 Å². The number of hydrogen-bond donors (Lipinski definition) is 2. The van der Waals surface area contributed by atoms with Crippen molar-refractivity contribution < 1.29 is 8.42 Å². The Morgan fingerprint density at radius 3 is 2.65 bits per heavy atom. The minimum Gasteiger partial charge on any atom is -0.369 e. The molecule has 1 aliphatic heterocycles. The predicted molar refractivity (Wildman–Crippen MR) is 67.2 cm³/mol. The molecule has 0 saturated carbocycles. The molecule has 4 N–H and O–H groups in total. The fraction of sp³-hybridized carbons (Fsp3) is 0.455. The second-order valence-electron chi connectivity index (χ2n) is 4.36. The lowest BCUT2D eigenvalue weighted by Crippen LogP contribution is -2.43. The summed E-state index contributed by atoms with van der Waals surface area (Å²) < 4.78 is 23.0. The zero-order chi connectivity index (χ0) is 12.5. The minimum absolute atomic E-state index is 0.0947. The molecule has 1 aromatic rings. The van der Waals surface area contributed by atoms with Crippen LogP contribution in [0.5, 0.6) is 0 Å². The average molecular weight is 255 g/mol. The SMILES string of the molecule is NC1CCCN(c2ccccc2S(N)(=O)=O)C1. The van der Waals surface area contributed by atoms with E-state index in [4.69, 9.17) is 10.9 Å². The van der Waals surface area contributed by atoms with Crippen LogP contribution >= 0.6 is 0 Å². The molecule has 0 aromatic heterocycles. The summed E-state index contributed by atoms with van der Waals surface area (Å²) in [7, 11) is -3.68. The molecule has 1 aliphatic rings. The number of benzene rings is 1. The largest absolute Gasteiger partial charge is 0.369 e. The van der Waals surface area contributed by atoms with Crippen LogP contribution in [0.4, 0.5) is 5.69 Å². The van der Waals surface area contributed by atoms with Gasteiger partial charge < -0.3 is 10.6 Å². The molecule has 5 nitrogen and oxygen atoms in total. The van der Waals surface area contributed by atoms with Crippen molar-refractivity contribution in [3.05, 3.63) is 24.3 Å². The van der Waals surface area contributed by atoms with Crippen LogP contribution in [0.25, 0.3) is 0 Å². The molecule has 1 saturated heterocycles. The summed E-state index contributed by atoms with van der Waals surface area (Å²) in [6, 6.07) is 6.89. The molecule has 6 heteroatoms. The van der Waals surface area contributed by atoms with Gasteiger partial charge in [0, 0.05) is 19.1 Å². The van der Waals surface area contributed by atoms with E-state index in [-0.39, 0.29) is 10.9 Å². The number of piperidine rings is 1. The molecule has 0 radical (unpaired) electrons. The number of nitrogens with two attached hydrogens (primary N) is 2. The molecule has 17 heavy (non-hydrogen) atoms. The molecule has 1 fully saturated rings. The summed E-state index contributed by atoms with van der Waals surface area (Å²) in [6.07, 6.45) is 1.95. The Balaban J connectivity index is 2.38. The van der Waals surface area contributed by atoms with Crippen LogP contribution < -0.4 is 15.8 Å². The van der Waals surface area contributed by atoms with E-state index in [9.17, 15) is 8.42 Å². The van der Waals surface area contributed by atoms with Gasteiger partial charge in [-0.1, -0.05) is 12.1 Å². The Morgan fingerprint density at radius 1 is 1.29 bits per heavy atom. The molecule has 2 rings (SSSR count). The van der Waals surface area contributed by atoms with Crippen molar-refractivity contribution in [2.24, 2.45) is 10.9 Å². The molecule has 0 bridgehead atoms. The molecular formula is C11H17N3O2S. The minimum atomic E-state index is -3.68. The number of nitrogens with zero attached hydrogens (tertiary/aromatic N) is 1. The molecule has 94 valence electrons. The Hall–Kier alpha value is -1.11. The van der Waals surface area contributed by atoms with Gasteiger partial charge in [-0.2, -0.15) is 0 Å². The molecule has 0 spiro atoms. The number of anilines is 1. The summed E-state index contributed by atoms with van der Waals surface area (Å²) in [5, 5.41) is 5.21. The van der Waals surface area contributed by atoms with Gasteiger partial charge in [0.05, 0.1) is 5.69 Å². The van der Waals surface area contributed by atoms with Crippen molar-refractivity contribution in [2.45, 2.75) is 23.8 Å². The van der Waals surface area contributed by atoms with Crippen LogP contribution in [0.1, 0.15) is 12.8 Å². The van der Waals surface area contributed by atoms with Crippen molar-refractivity contribution in [3.8, 4) is 0 Å². The maximum Gasteiger partial charge on any atom is 0.240 e. The number of para-hydroxylation sites is 1. The highest BCUT2D eigenvalue weighted by atomic mass is 32.2. The van der Waals surface area contributed by atoms with E-state index >= 15 is 0 Å². The standard InChI is InChI=1S/C11H17N3O2S/c12-9-4-3-7-14(8-9)10-5-1-2-6-11(10)17(13,15)16/h1-2,5-6,9H,3-4,7-8,12H2,(H2,13,15,16). The first-order valence-corrected chi connectivity index (χ1v) is 7.15. The highest BCUT2D eigenvalue weighted by Gasteiger charge is 2.22. The Morgan fingerprint density at radius 2 is 2.00 bits per heavy atom. The quantitative estimate of drug-likeness (QED) is 0.793. The Bertz CT molecular complexity index is 501. The van der Waals surface area contributed by atoms with Gasteiger partial charge >= 0.3 is 0 Å². The van der Waals surface area contributed by atoms with E-state index in [2.05, 4.69) is 0 Å². The van der Waals surface area contributed by atoms with Gasteiger partial charge in [0.15, 0.2) is 0 Å². The fourth-order valence-electron chi connectivity index (χ4n) is 2.19. The number of hydrogen-bond acceptors (Lipinski definition) is 4. The number of rotatable bonds is 2. The third kappa shape index (κ3) is 2.77. The lowest BCUT2D eigenvalue weighted by atomic mass is 10.1. The molecule has 1 aromatic carbocycles. The fourth-order valence-corrected chi connectivity index (χ4v) is 2.94. The molecule has 1 atom stereocenters. The Labute approximate surface area is 101 Å². The zero-order valence-electron chi connectivity index (χ0n) is 9.54. The smallest absolute Gasteiger partial charge is 0.240 e. The van der Waals surface area contributed by atoms with Crippen molar-refractivity contribution in [1.29, 1.82) is 0 Å². The van der Waals surface area contributed by atoms with E-state index < -0.39 is 10.0 Å². The number of sulfonamides is 1. The summed E-state index contributed by atoms with van der Waals surface area (Å²) in [4.78, 5) is 2.17. The summed E-state index contributed by atoms with van der Waals surface area (Å²) in [5.74, 6) is 0. The van der Waals surface area contributed by atoms with Crippen molar-refractivity contribution in [1.82, 2.24) is 0 Å². The summed E-state index contributed by atoms with van der Waals surface area (Å²) >= 11 is 0. The highest BCUT2D eigenvalue weighted by molar-refractivity contribution is 7.89. The first-order chi connectivity index (χ1) is 7.98. The maximum atomic E-state index is 11.5. The monoisotopic (exact) mass is 255 g/mol. The van der Waals surface area contributed by atoms with Crippen LogP contribution in [0.3, 0.4) is 0 Å². The van der Waals surface area contributed by atoms with E-state index in [1.807, 2.05) is 11.0 Å². The lowest BCUT2D eigenvalue weighted by Gasteiger charge is -2.33. The second-order valence-corrected chi connectivity index (χ2v) is 5.89. The van der Waals surface area contributed by atoms with E-state index in [0.717, 1.165) is 19.4 Å². The number of primary sulfonamides is 1. The van der Waals surface area contributed by atoms with Gasteiger partial charge in [0.25, 0.3) is 0 Å². The normalized spacial score (nSPS) is 21.5. The van der Waals surface area contributed by atoms with E-state index in [1.165, 1.54) is 6.07 Å². The van der Waals surface area contributed by atoms with Crippen molar-refractivity contribution in [3.63, 3.8) is 0 Å². The Kier molecular flexibility index (Phi) is 3.37. The highest BCUT2D eigenvalue weighted by Crippen LogP contribution is 2.26. The lowest BCUT2D eigenvalue weighted by molar-refractivity contribution is 0.503. The molecule has 0 amide bonds. The second kappa shape index (κ2) is 4.64. The van der Waals surface area contributed by atoms with Crippen LogP contribution in [0, 0.1) is 0 Å². The van der Waals surface area contributed by atoms with Gasteiger partial charge in [-0.25, -0.2) is 13.6 Å². The summed E-state index contributed by atoms with van der Waals surface area (Å²) in [5.41, 5.74) is 6.56. The van der Waals surface area contributed by atoms with E-state index in [1.54, 1.807) is 12.1 Å². The predicted octanol–water partition coefficient (Wildman–Crippen LogP) is 0.262. The van der Waals surface area contributed by atoms with Gasteiger partial charge in [-0.3, -0.25) is 0 Å². The third-order valence-corrected chi connectivity index (χ3v) is 3.93. The van der Waals surface area contributed by atoms with E-state index in [0.29, 0.717) is 12.2 Å². The zero-order valence-corrected chi connectivity index (χ0v) is 10.4. The van der Waals surface area contributed by atoms with Crippen LogP contribution in [-0.2, 0) is 10.0 Å². The van der Waals surface area contributed by atoms with Gasteiger partial charge in [0.1, 0.15) is 4.90 Å². The van der Waals surface area contributed by atoms with Gasteiger partial charge in [0.2, 0.25) is 10.0 Å². The van der Waals surface area contributed by atoms with Crippen molar-refractivity contribution in [2.75, 3.05) is 18.0 Å². The summed E-state index contributed by atoms with van der Waals surface area (Å²) in [6.45, 7) is 1.49. The first-order valence-electron chi connectivity index (χ1n) is 5.61. The van der Waals surface area contributed by atoms with Gasteiger partial charge in [-0.15, -0.1) is 0 Å². The molecule has 1 unspecified atom stereocenters. The van der Waals surface area contributed by atoms with Crippen LogP contribution in [-0.4, -0.2) is 27.5 Å². The topological polar surface area (TPSA) is 89.4 Å². The van der Waals surface area contributed by atoms with Crippen LogP contribution in [0.15, 0.2) is 29.2 Å². The molecular weight excluding hydrogens is 238 g/mol. The van der Waals surface area contributed by atoms with Gasteiger partial charge in [-0.05, 0) is 25.0 Å². The molecule has 0 aliphatic carbocycles. The molecule has 1 heterocycles. The van der Waals surface area contributed by atoms with Crippen LogP contribution in [0.2, 0.25) is 0 Å². The first kappa shape index (κ1) is 12.3. The third-order valence-electron chi connectivity index (χ3n) is 2.97. The maximum absolute atomic E-state index is 11.5.